The molecule has 0 saturated carbocycles. The summed E-state index contributed by atoms with van der Waals surface area (Å²) in [7, 11) is 0. The Morgan fingerprint density at radius 2 is 0.735 bits per heavy atom. The fourth-order valence-corrected chi connectivity index (χ4v) is 5.02. The summed E-state index contributed by atoms with van der Waals surface area (Å²) < 4.78 is 0. The van der Waals surface area contributed by atoms with Gasteiger partial charge < -0.3 is 10.2 Å². The number of aliphatic hydroxyl groups excluding tert-OH is 1. The van der Waals surface area contributed by atoms with Crippen LogP contribution >= 0.6 is 0 Å². The number of unbranched alkanes of at least 4 members (excludes halogenated alkanes) is 23. The van der Waals surface area contributed by atoms with Crippen LogP contribution in [0, 0.1) is 5.92 Å². The maximum absolute atomic E-state index is 10.4. The Bertz CT molecular complexity index is 396. The van der Waals surface area contributed by atoms with Gasteiger partial charge in [-0.1, -0.05) is 161 Å². The third-order valence-electron chi connectivity index (χ3n) is 7.46. The number of rotatable bonds is 29. The molecule has 0 aliphatic carbocycles. The van der Waals surface area contributed by atoms with Gasteiger partial charge in [0.1, 0.15) is 0 Å². The van der Waals surface area contributed by atoms with Gasteiger partial charge in [-0.15, -0.1) is 0 Å². The molecule has 3 heteroatoms. The fraction of sp³-hybridized carbons (Fsp3) is 0.968. The highest BCUT2D eigenvalue weighted by Gasteiger charge is 2.01. The van der Waals surface area contributed by atoms with Crippen LogP contribution in [-0.4, -0.2) is 22.8 Å². The van der Waals surface area contributed by atoms with E-state index in [1.807, 2.05) is 0 Å². The zero-order valence-electron chi connectivity index (χ0n) is 23.2. The average Bonchev–Trinajstić information content (AvgIpc) is 2.81. The van der Waals surface area contributed by atoms with Crippen molar-refractivity contribution in [1.29, 1.82) is 0 Å². The normalized spacial score (nSPS) is 12.3. The standard InChI is InChI=1S/C31H62O3/c1-30(28-29-32)26-24-22-20-18-16-14-12-10-8-6-4-2-3-5-7-9-11-13-15-17-19-21-23-25-27-31(33)34/h30,32H,2-29H2,1H3,(H,33,34). The summed E-state index contributed by atoms with van der Waals surface area (Å²) in [5.74, 6) is 0.0480. The summed E-state index contributed by atoms with van der Waals surface area (Å²) in [5, 5.41) is 17.5. The predicted molar refractivity (Wildman–Crippen MR) is 149 cm³/mol. The lowest BCUT2D eigenvalue weighted by atomic mass is 9.99. The van der Waals surface area contributed by atoms with Gasteiger partial charge in [-0.2, -0.15) is 0 Å². The van der Waals surface area contributed by atoms with Crippen LogP contribution in [0.2, 0.25) is 0 Å². The summed E-state index contributed by atoms with van der Waals surface area (Å²) in [5.41, 5.74) is 0. The van der Waals surface area contributed by atoms with Crippen LogP contribution in [0.4, 0.5) is 0 Å². The second-order valence-electron chi connectivity index (χ2n) is 11.0. The number of aliphatic hydroxyl groups is 1. The molecule has 0 amide bonds. The molecule has 2 N–H and O–H groups in total. The molecule has 34 heavy (non-hydrogen) atoms. The van der Waals surface area contributed by atoms with Crippen molar-refractivity contribution < 1.29 is 15.0 Å². The molecule has 0 aromatic heterocycles. The van der Waals surface area contributed by atoms with E-state index in [1.54, 1.807) is 0 Å². The lowest BCUT2D eigenvalue weighted by molar-refractivity contribution is -0.137. The van der Waals surface area contributed by atoms with Crippen LogP contribution < -0.4 is 0 Å². The van der Waals surface area contributed by atoms with Crippen molar-refractivity contribution in [3.05, 3.63) is 0 Å². The van der Waals surface area contributed by atoms with Gasteiger partial charge in [-0.05, 0) is 18.8 Å². The Morgan fingerprint density at radius 1 is 0.471 bits per heavy atom. The van der Waals surface area contributed by atoms with Crippen molar-refractivity contribution in [1.82, 2.24) is 0 Å². The van der Waals surface area contributed by atoms with Gasteiger partial charge in [0.2, 0.25) is 0 Å². The highest BCUT2D eigenvalue weighted by Crippen LogP contribution is 2.17. The minimum atomic E-state index is -0.653. The van der Waals surface area contributed by atoms with Crippen molar-refractivity contribution in [2.45, 2.75) is 180 Å². The zero-order valence-corrected chi connectivity index (χ0v) is 23.2. The molecule has 0 bridgehead atoms. The van der Waals surface area contributed by atoms with Crippen molar-refractivity contribution in [2.24, 2.45) is 5.92 Å². The zero-order chi connectivity index (χ0) is 25.0. The smallest absolute Gasteiger partial charge is 0.303 e. The lowest BCUT2D eigenvalue weighted by Crippen LogP contribution is -1.97. The van der Waals surface area contributed by atoms with Crippen molar-refractivity contribution in [2.75, 3.05) is 6.61 Å². The molecule has 0 rings (SSSR count). The van der Waals surface area contributed by atoms with E-state index in [0.717, 1.165) is 19.3 Å². The van der Waals surface area contributed by atoms with E-state index in [-0.39, 0.29) is 0 Å². The highest BCUT2D eigenvalue weighted by molar-refractivity contribution is 5.66. The van der Waals surface area contributed by atoms with Crippen molar-refractivity contribution in [3.63, 3.8) is 0 Å². The molecule has 1 unspecified atom stereocenters. The highest BCUT2D eigenvalue weighted by atomic mass is 16.4. The molecule has 204 valence electrons. The van der Waals surface area contributed by atoms with E-state index < -0.39 is 5.97 Å². The third kappa shape index (κ3) is 29.5. The van der Waals surface area contributed by atoms with E-state index in [9.17, 15) is 4.79 Å². The third-order valence-corrected chi connectivity index (χ3v) is 7.46. The number of carboxylic acids is 1. The lowest BCUT2D eigenvalue weighted by Gasteiger charge is -2.08. The number of carboxylic acid groups (broad SMARTS) is 1. The summed E-state index contributed by atoms with van der Waals surface area (Å²) >= 11 is 0. The van der Waals surface area contributed by atoms with Crippen molar-refractivity contribution >= 4 is 5.97 Å². The molecule has 0 aliphatic heterocycles. The SMILES string of the molecule is CC(CCO)CCCCCCCCCCCCCCCCCCCCCCCCCCC(=O)O. The molecule has 0 heterocycles. The molecule has 0 saturated heterocycles. The van der Waals surface area contributed by atoms with Crippen molar-refractivity contribution in [3.8, 4) is 0 Å². The van der Waals surface area contributed by atoms with E-state index in [4.69, 9.17) is 10.2 Å². The summed E-state index contributed by atoms with van der Waals surface area (Å²) in [6, 6.07) is 0. The predicted octanol–water partition coefficient (Wildman–Crippen LogP) is 10.2. The Labute approximate surface area is 213 Å². The number of carbonyl (C=O) groups is 1. The summed E-state index contributed by atoms with van der Waals surface area (Å²) in [6.07, 6.45) is 35.3. The largest absolute Gasteiger partial charge is 0.481 e. The molecule has 0 aliphatic rings. The molecule has 0 aromatic carbocycles. The van der Waals surface area contributed by atoms with E-state index in [0.29, 0.717) is 18.9 Å². The van der Waals surface area contributed by atoms with Crippen LogP contribution in [-0.2, 0) is 4.79 Å². The fourth-order valence-electron chi connectivity index (χ4n) is 5.02. The minimum absolute atomic E-state index is 0.342. The van der Waals surface area contributed by atoms with E-state index in [1.165, 1.54) is 148 Å². The van der Waals surface area contributed by atoms with Gasteiger partial charge in [-0.3, -0.25) is 4.79 Å². The molecule has 0 fully saturated rings. The molecule has 3 nitrogen and oxygen atoms in total. The van der Waals surface area contributed by atoms with Crippen LogP contribution in [0.1, 0.15) is 180 Å². The number of hydrogen-bond donors (Lipinski definition) is 2. The first-order valence-corrected chi connectivity index (χ1v) is 15.5. The van der Waals surface area contributed by atoms with E-state index >= 15 is 0 Å². The summed E-state index contributed by atoms with van der Waals surface area (Å²) in [6.45, 7) is 2.62. The quantitative estimate of drug-likeness (QED) is 0.104. The average molecular weight is 483 g/mol. The monoisotopic (exact) mass is 482 g/mol. The second kappa shape index (κ2) is 28.7. The van der Waals surface area contributed by atoms with E-state index in [2.05, 4.69) is 6.92 Å². The molecular weight excluding hydrogens is 420 g/mol. The van der Waals surface area contributed by atoms with Crippen LogP contribution in [0.3, 0.4) is 0 Å². The number of hydrogen-bond acceptors (Lipinski definition) is 2. The Morgan fingerprint density at radius 3 is 1.00 bits per heavy atom. The summed E-state index contributed by atoms with van der Waals surface area (Å²) in [4.78, 5) is 10.4. The first kappa shape index (κ1) is 33.4. The van der Waals surface area contributed by atoms with Gasteiger partial charge >= 0.3 is 5.97 Å². The Balaban J connectivity index is 3.05. The maximum Gasteiger partial charge on any atom is 0.303 e. The second-order valence-corrected chi connectivity index (χ2v) is 11.0. The van der Waals surface area contributed by atoms with Gasteiger partial charge in [0.15, 0.2) is 0 Å². The van der Waals surface area contributed by atoms with Gasteiger partial charge in [0.25, 0.3) is 0 Å². The van der Waals surface area contributed by atoms with Crippen LogP contribution in [0.5, 0.6) is 0 Å². The number of aliphatic carboxylic acids is 1. The van der Waals surface area contributed by atoms with Gasteiger partial charge in [0, 0.05) is 13.0 Å². The molecule has 1 atom stereocenters. The topological polar surface area (TPSA) is 57.5 Å². The Kier molecular flexibility index (Phi) is 28.2. The van der Waals surface area contributed by atoms with Gasteiger partial charge in [-0.25, -0.2) is 0 Å². The minimum Gasteiger partial charge on any atom is -0.481 e. The molecular formula is C31H62O3. The molecule has 0 aromatic rings. The maximum atomic E-state index is 10.4. The molecule has 0 spiro atoms. The Hall–Kier alpha value is -0.570. The van der Waals surface area contributed by atoms with Crippen LogP contribution in [0.15, 0.2) is 0 Å². The van der Waals surface area contributed by atoms with Crippen LogP contribution in [0.25, 0.3) is 0 Å². The molecule has 0 radical (unpaired) electrons. The van der Waals surface area contributed by atoms with Gasteiger partial charge in [0.05, 0.1) is 0 Å². The first-order chi connectivity index (χ1) is 16.7. The first-order valence-electron chi connectivity index (χ1n) is 15.5.